The first kappa shape index (κ1) is 20.1. The molecule has 4 rings (SSSR count). The molecule has 0 aliphatic heterocycles. The number of carbonyl (C=O) groups is 1. The fraction of sp³-hybridized carbons (Fsp3) is 0.154. The van der Waals surface area contributed by atoms with E-state index >= 15 is 0 Å². The summed E-state index contributed by atoms with van der Waals surface area (Å²) in [6, 6.07) is 23.3. The van der Waals surface area contributed by atoms with Gasteiger partial charge in [0, 0.05) is 21.7 Å². The van der Waals surface area contributed by atoms with E-state index in [0.29, 0.717) is 16.5 Å². The van der Waals surface area contributed by atoms with E-state index in [1.807, 2.05) is 67.6 Å². The van der Waals surface area contributed by atoms with Crippen molar-refractivity contribution in [3.63, 3.8) is 0 Å². The molecule has 0 saturated carbocycles. The zero-order chi connectivity index (χ0) is 21.3. The Morgan fingerprint density at radius 3 is 2.27 bits per heavy atom. The Balaban J connectivity index is 1.79. The molecule has 0 fully saturated rings. The van der Waals surface area contributed by atoms with Crippen LogP contribution in [0.25, 0.3) is 22.2 Å². The summed E-state index contributed by atoms with van der Waals surface area (Å²) in [6.07, 6.45) is 0. The summed E-state index contributed by atoms with van der Waals surface area (Å²) in [7, 11) is 0. The second-order valence-electron chi connectivity index (χ2n) is 7.72. The van der Waals surface area contributed by atoms with Crippen LogP contribution in [0.4, 0.5) is 5.69 Å². The Kier molecular flexibility index (Phi) is 5.56. The van der Waals surface area contributed by atoms with E-state index in [2.05, 4.69) is 31.3 Å². The number of carbonyl (C=O) groups excluding carboxylic acids is 1. The van der Waals surface area contributed by atoms with Gasteiger partial charge in [-0.2, -0.15) is 0 Å². The van der Waals surface area contributed by atoms with E-state index in [-0.39, 0.29) is 5.91 Å². The lowest BCUT2D eigenvalue weighted by molar-refractivity contribution is 0.102. The van der Waals surface area contributed by atoms with Gasteiger partial charge in [-0.1, -0.05) is 67.9 Å². The van der Waals surface area contributed by atoms with Crippen molar-refractivity contribution in [2.75, 3.05) is 5.32 Å². The molecule has 0 radical (unpaired) electrons. The molecular formula is C26H23ClN2O. The number of nitrogens with one attached hydrogen (secondary N) is 1. The molecule has 0 atom stereocenters. The van der Waals surface area contributed by atoms with Crippen LogP contribution in [0.1, 0.15) is 41.3 Å². The third-order valence-corrected chi connectivity index (χ3v) is 5.57. The number of para-hydroxylation sites is 1. The second kappa shape index (κ2) is 8.29. The highest BCUT2D eigenvalue weighted by Gasteiger charge is 2.19. The van der Waals surface area contributed by atoms with Crippen molar-refractivity contribution < 1.29 is 4.79 Å². The lowest BCUT2D eigenvalue weighted by atomic mass is 9.97. The fourth-order valence-electron chi connectivity index (χ4n) is 3.63. The number of halogens is 1. The molecule has 30 heavy (non-hydrogen) atoms. The molecule has 3 nitrogen and oxygen atoms in total. The Morgan fingerprint density at radius 2 is 1.60 bits per heavy atom. The van der Waals surface area contributed by atoms with Crippen molar-refractivity contribution in [1.82, 2.24) is 4.98 Å². The van der Waals surface area contributed by atoms with Crippen molar-refractivity contribution in [2.45, 2.75) is 26.7 Å². The molecule has 4 aromatic rings. The van der Waals surface area contributed by atoms with E-state index in [4.69, 9.17) is 16.6 Å². The predicted molar refractivity (Wildman–Crippen MR) is 125 cm³/mol. The number of aromatic nitrogens is 1. The van der Waals surface area contributed by atoms with Crippen molar-refractivity contribution in [2.24, 2.45) is 0 Å². The summed E-state index contributed by atoms with van der Waals surface area (Å²) in [5, 5.41) is 4.56. The minimum atomic E-state index is -0.140. The number of benzene rings is 3. The van der Waals surface area contributed by atoms with Crippen LogP contribution in [0.5, 0.6) is 0 Å². The van der Waals surface area contributed by atoms with Crippen molar-refractivity contribution in [3.8, 4) is 11.3 Å². The molecule has 0 saturated heterocycles. The molecule has 0 aliphatic carbocycles. The number of amides is 1. The monoisotopic (exact) mass is 414 g/mol. The van der Waals surface area contributed by atoms with Gasteiger partial charge in [-0.15, -0.1) is 0 Å². The first-order chi connectivity index (χ1) is 14.4. The lowest BCUT2D eigenvalue weighted by Crippen LogP contribution is -2.15. The molecule has 4 heteroatoms. The van der Waals surface area contributed by atoms with Gasteiger partial charge in [0.05, 0.1) is 16.8 Å². The first-order valence-electron chi connectivity index (χ1n) is 10.0. The molecule has 150 valence electrons. The quantitative estimate of drug-likeness (QED) is 0.382. The Bertz CT molecular complexity index is 1210. The maximum absolute atomic E-state index is 13.3. The lowest BCUT2D eigenvalue weighted by Gasteiger charge is -2.15. The molecule has 1 aromatic heterocycles. The Morgan fingerprint density at radius 1 is 0.933 bits per heavy atom. The molecule has 0 unspecified atom stereocenters. The maximum atomic E-state index is 13.3. The average molecular weight is 415 g/mol. The van der Waals surface area contributed by atoms with Crippen LogP contribution >= 0.6 is 11.6 Å². The number of fused-ring (bicyclic) bond motifs is 1. The van der Waals surface area contributed by atoms with Crippen LogP contribution < -0.4 is 5.32 Å². The summed E-state index contributed by atoms with van der Waals surface area (Å²) in [4.78, 5) is 18.2. The molecule has 0 bridgehead atoms. The highest BCUT2D eigenvalue weighted by atomic mass is 35.5. The second-order valence-corrected chi connectivity index (χ2v) is 8.15. The predicted octanol–water partition coefficient (Wildman–Crippen LogP) is 7.24. The van der Waals surface area contributed by atoms with Crippen LogP contribution in [0.2, 0.25) is 5.02 Å². The number of rotatable bonds is 4. The molecule has 1 N–H and O–H groups in total. The molecule has 0 aliphatic rings. The van der Waals surface area contributed by atoms with E-state index in [0.717, 1.165) is 33.4 Å². The smallest absolute Gasteiger partial charge is 0.256 e. The SMILES string of the molecule is Cc1c(-c2ccc(Cl)cc2)nc2ccccc2c1C(=O)Nc1ccc(C(C)C)cc1. The van der Waals surface area contributed by atoms with Crippen molar-refractivity contribution in [3.05, 3.63) is 94.5 Å². The van der Waals surface area contributed by atoms with Crippen LogP contribution in [0.15, 0.2) is 72.8 Å². The molecule has 1 heterocycles. The molecule has 0 spiro atoms. The van der Waals surface area contributed by atoms with Gasteiger partial charge in [0.2, 0.25) is 0 Å². The molecule has 1 amide bonds. The van der Waals surface area contributed by atoms with Crippen molar-refractivity contribution in [1.29, 1.82) is 0 Å². The zero-order valence-electron chi connectivity index (χ0n) is 17.2. The zero-order valence-corrected chi connectivity index (χ0v) is 18.0. The normalized spacial score (nSPS) is 11.1. The highest BCUT2D eigenvalue weighted by molar-refractivity contribution is 6.30. The fourth-order valence-corrected chi connectivity index (χ4v) is 3.76. The van der Waals surface area contributed by atoms with Crippen LogP contribution in [-0.4, -0.2) is 10.9 Å². The van der Waals surface area contributed by atoms with Crippen molar-refractivity contribution >= 4 is 34.1 Å². The number of anilines is 1. The van der Waals surface area contributed by atoms with Gasteiger partial charge < -0.3 is 5.32 Å². The maximum Gasteiger partial charge on any atom is 0.256 e. The summed E-state index contributed by atoms with van der Waals surface area (Å²) >= 11 is 6.05. The standard InChI is InChI=1S/C26H23ClN2O/c1-16(2)18-10-14-21(15-11-18)28-26(30)24-17(3)25(19-8-12-20(27)13-9-19)29-23-7-5-4-6-22(23)24/h4-16H,1-3H3,(H,28,30). The van der Waals surface area contributed by atoms with Gasteiger partial charge in [0.15, 0.2) is 0 Å². The minimum absolute atomic E-state index is 0.140. The van der Waals surface area contributed by atoms with Gasteiger partial charge in [0.1, 0.15) is 0 Å². The highest BCUT2D eigenvalue weighted by Crippen LogP contribution is 2.31. The Labute approximate surface area is 181 Å². The van der Waals surface area contributed by atoms with Gasteiger partial charge in [-0.05, 0) is 54.3 Å². The topological polar surface area (TPSA) is 42.0 Å². The first-order valence-corrected chi connectivity index (χ1v) is 10.4. The number of pyridine rings is 1. The van der Waals surface area contributed by atoms with Crippen LogP contribution in [0, 0.1) is 6.92 Å². The summed E-state index contributed by atoms with van der Waals surface area (Å²) < 4.78 is 0. The third kappa shape index (κ3) is 3.94. The van der Waals surface area contributed by atoms with Crippen LogP contribution in [0.3, 0.4) is 0 Å². The van der Waals surface area contributed by atoms with Gasteiger partial charge in [-0.25, -0.2) is 4.98 Å². The molecular weight excluding hydrogens is 392 g/mol. The average Bonchev–Trinajstić information content (AvgIpc) is 2.74. The largest absolute Gasteiger partial charge is 0.322 e. The summed E-state index contributed by atoms with van der Waals surface area (Å²) in [5.41, 5.74) is 5.99. The summed E-state index contributed by atoms with van der Waals surface area (Å²) in [5.74, 6) is 0.307. The number of hydrogen-bond donors (Lipinski definition) is 1. The van der Waals surface area contributed by atoms with E-state index in [1.165, 1.54) is 5.56 Å². The van der Waals surface area contributed by atoms with E-state index < -0.39 is 0 Å². The molecule has 3 aromatic carbocycles. The number of hydrogen-bond acceptors (Lipinski definition) is 2. The number of nitrogens with zero attached hydrogens (tertiary/aromatic N) is 1. The van der Waals surface area contributed by atoms with Gasteiger partial charge in [0.25, 0.3) is 5.91 Å². The summed E-state index contributed by atoms with van der Waals surface area (Å²) in [6.45, 7) is 6.25. The third-order valence-electron chi connectivity index (χ3n) is 5.32. The van der Waals surface area contributed by atoms with Crippen LogP contribution in [-0.2, 0) is 0 Å². The van der Waals surface area contributed by atoms with E-state index in [1.54, 1.807) is 0 Å². The minimum Gasteiger partial charge on any atom is -0.322 e. The van der Waals surface area contributed by atoms with Gasteiger partial charge in [-0.3, -0.25) is 4.79 Å². The Hall–Kier alpha value is -3.17. The van der Waals surface area contributed by atoms with Gasteiger partial charge >= 0.3 is 0 Å². The van der Waals surface area contributed by atoms with E-state index in [9.17, 15) is 4.79 Å².